The Bertz CT molecular complexity index is 662. The van der Waals surface area contributed by atoms with Gasteiger partial charge in [-0.3, -0.25) is 4.79 Å². The van der Waals surface area contributed by atoms with Crippen LogP contribution in [0.2, 0.25) is 0 Å². The molecule has 0 atom stereocenters. The van der Waals surface area contributed by atoms with Crippen LogP contribution in [0.3, 0.4) is 0 Å². The first-order chi connectivity index (χ1) is 11.0. The van der Waals surface area contributed by atoms with Crippen LogP contribution in [0.25, 0.3) is 0 Å². The topological polar surface area (TPSA) is 38.8 Å². The summed E-state index contributed by atoms with van der Waals surface area (Å²) < 4.78 is 10.9. The number of benzene rings is 2. The van der Waals surface area contributed by atoms with Crippen molar-refractivity contribution in [2.45, 2.75) is 20.8 Å². The van der Waals surface area contributed by atoms with Crippen molar-refractivity contribution >= 4 is 11.6 Å². The first-order valence-corrected chi connectivity index (χ1v) is 7.69. The number of hydrogen-bond donors (Lipinski definition) is 0. The molecule has 0 aliphatic heterocycles. The van der Waals surface area contributed by atoms with Crippen LogP contribution < -0.4 is 14.4 Å². The largest absolute Gasteiger partial charge is 0.493 e. The summed E-state index contributed by atoms with van der Waals surface area (Å²) >= 11 is 0. The Balaban J connectivity index is 2.11. The first-order valence-electron chi connectivity index (χ1n) is 7.69. The number of rotatable bonds is 6. The molecule has 0 saturated carbocycles. The van der Waals surface area contributed by atoms with Crippen molar-refractivity contribution in [3.63, 3.8) is 0 Å². The van der Waals surface area contributed by atoms with Gasteiger partial charge >= 0.3 is 0 Å². The summed E-state index contributed by atoms with van der Waals surface area (Å²) in [4.78, 5) is 14.3. The van der Waals surface area contributed by atoms with E-state index in [0.717, 1.165) is 16.8 Å². The van der Waals surface area contributed by atoms with E-state index in [9.17, 15) is 4.79 Å². The minimum Gasteiger partial charge on any atom is -0.493 e. The molecular weight excluding hydrogens is 290 g/mol. The van der Waals surface area contributed by atoms with E-state index in [-0.39, 0.29) is 12.5 Å². The summed E-state index contributed by atoms with van der Waals surface area (Å²) in [6.45, 7) is 6.58. The first kappa shape index (κ1) is 16.9. The number of aryl methyl sites for hydroxylation is 2. The molecule has 0 saturated heterocycles. The zero-order chi connectivity index (χ0) is 16.8. The van der Waals surface area contributed by atoms with Crippen LogP contribution in [0.5, 0.6) is 11.5 Å². The lowest BCUT2D eigenvalue weighted by molar-refractivity contribution is -0.120. The molecule has 0 N–H and O–H groups in total. The van der Waals surface area contributed by atoms with Gasteiger partial charge in [-0.2, -0.15) is 0 Å². The summed E-state index contributed by atoms with van der Waals surface area (Å²) in [5.41, 5.74) is 3.17. The summed E-state index contributed by atoms with van der Waals surface area (Å²) in [7, 11) is 1.58. The molecule has 0 aliphatic carbocycles. The van der Waals surface area contributed by atoms with Crippen molar-refractivity contribution < 1.29 is 14.3 Å². The molecule has 0 aromatic heterocycles. The van der Waals surface area contributed by atoms with Gasteiger partial charge in [0.25, 0.3) is 5.91 Å². The minimum absolute atomic E-state index is 0.0266. The molecule has 1 amide bonds. The number of ether oxygens (including phenoxy) is 2. The highest BCUT2D eigenvalue weighted by atomic mass is 16.5. The van der Waals surface area contributed by atoms with Crippen LogP contribution in [0.1, 0.15) is 18.1 Å². The molecule has 0 aliphatic rings. The number of hydrogen-bond acceptors (Lipinski definition) is 3. The Morgan fingerprint density at radius 2 is 1.65 bits per heavy atom. The molecule has 2 aromatic carbocycles. The maximum atomic E-state index is 12.5. The normalized spacial score (nSPS) is 10.3. The predicted molar refractivity (Wildman–Crippen MR) is 92.4 cm³/mol. The van der Waals surface area contributed by atoms with Crippen molar-refractivity contribution in [2.24, 2.45) is 0 Å². The van der Waals surface area contributed by atoms with E-state index in [0.29, 0.717) is 18.0 Å². The number of carbonyl (C=O) groups is 1. The molecule has 4 heteroatoms. The number of carbonyl (C=O) groups excluding carboxylic acids is 1. The molecule has 0 spiro atoms. The standard InChI is InChI=1S/C19H23NO3/c1-5-20(16-11-14(2)10-15(3)12-16)19(21)13-23-18-9-7-6-8-17(18)22-4/h6-12H,5,13H2,1-4H3. The second-order valence-electron chi connectivity index (χ2n) is 5.42. The van der Waals surface area contributed by atoms with Crippen LogP contribution in [-0.4, -0.2) is 26.2 Å². The van der Waals surface area contributed by atoms with Crippen molar-refractivity contribution in [1.29, 1.82) is 0 Å². The van der Waals surface area contributed by atoms with Gasteiger partial charge in [-0.15, -0.1) is 0 Å². The van der Waals surface area contributed by atoms with Crippen LogP contribution in [0.15, 0.2) is 42.5 Å². The highest BCUT2D eigenvalue weighted by Gasteiger charge is 2.16. The van der Waals surface area contributed by atoms with E-state index in [2.05, 4.69) is 6.07 Å². The van der Waals surface area contributed by atoms with Gasteiger partial charge < -0.3 is 14.4 Å². The number of methoxy groups -OCH3 is 1. The van der Waals surface area contributed by atoms with Crippen molar-refractivity contribution in [3.8, 4) is 11.5 Å². The summed E-state index contributed by atoms with van der Waals surface area (Å²) in [6.07, 6.45) is 0. The van der Waals surface area contributed by atoms with Crippen molar-refractivity contribution in [2.75, 3.05) is 25.2 Å². The maximum absolute atomic E-state index is 12.5. The van der Waals surface area contributed by atoms with E-state index in [1.54, 1.807) is 24.1 Å². The van der Waals surface area contributed by atoms with Gasteiger partial charge in [0.1, 0.15) is 0 Å². The minimum atomic E-state index is -0.0802. The summed E-state index contributed by atoms with van der Waals surface area (Å²) in [6, 6.07) is 13.4. The second kappa shape index (κ2) is 7.68. The Hall–Kier alpha value is -2.49. The predicted octanol–water partition coefficient (Wildman–Crippen LogP) is 3.74. The third kappa shape index (κ3) is 4.25. The Morgan fingerprint density at radius 1 is 1.04 bits per heavy atom. The molecular formula is C19H23NO3. The van der Waals surface area contributed by atoms with Gasteiger partial charge in [-0.25, -0.2) is 0 Å². The number of likely N-dealkylation sites (N-methyl/N-ethyl adjacent to an activating group) is 1. The quantitative estimate of drug-likeness (QED) is 0.815. The molecule has 2 aromatic rings. The number of anilines is 1. The van der Waals surface area contributed by atoms with E-state index in [4.69, 9.17) is 9.47 Å². The molecule has 4 nitrogen and oxygen atoms in total. The van der Waals surface area contributed by atoms with E-state index < -0.39 is 0 Å². The highest BCUT2D eigenvalue weighted by Crippen LogP contribution is 2.26. The number of amides is 1. The number of para-hydroxylation sites is 2. The maximum Gasteiger partial charge on any atom is 0.264 e. The lowest BCUT2D eigenvalue weighted by Crippen LogP contribution is -2.34. The smallest absolute Gasteiger partial charge is 0.264 e. The molecule has 122 valence electrons. The van der Waals surface area contributed by atoms with Crippen molar-refractivity contribution in [1.82, 2.24) is 0 Å². The average Bonchev–Trinajstić information content (AvgIpc) is 2.53. The molecule has 0 radical (unpaired) electrons. The van der Waals surface area contributed by atoms with Gasteiger partial charge in [0.15, 0.2) is 18.1 Å². The fourth-order valence-corrected chi connectivity index (χ4v) is 2.56. The average molecular weight is 313 g/mol. The Labute approximate surface area is 137 Å². The number of nitrogens with zero attached hydrogens (tertiary/aromatic N) is 1. The van der Waals surface area contributed by atoms with Crippen LogP contribution in [-0.2, 0) is 4.79 Å². The van der Waals surface area contributed by atoms with Crippen LogP contribution in [0.4, 0.5) is 5.69 Å². The van der Waals surface area contributed by atoms with E-state index in [1.807, 2.05) is 45.0 Å². The lowest BCUT2D eigenvalue weighted by Gasteiger charge is -2.22. The summed E-state index contributed by atoms with van der Waals surface area (Å²) in [5, 5.41) is 0. The van der Waals surface area contributed by atoms with Gasteiger partial charge in [-0.05, 0) is 56.2 Å². The fourth-order valence-electron chi connectivity index (χ4n) is 2.56. The van der Waals surface area contributed by atoms with Gasteiger partial charge in [0.2, 0.25) is 0 Å². The highest BCUT2D eigenvalue weighted by molar-refractivity contribution is 5.94. The molecule has 0 heterocycles. The van der Waals surface area contributed by atoms with Gasteiger partial charge in [-0.1, -0.05) is 18.2 Å². The third-order valence-electron chi connectivity index (χ3n) is 3.56. The van der Waals surface area contributed by atoms with Crippen LogP contribution in [0, 0.1) is 13.8 Å². The zero-order valence-electron chi connectivity index (χ0n) is 14.1. The lowest BCUT2D eigenvalue weighted by atomic mass is 10.1. The Kier molecular flexibility index (Phi) is 5.63. The molecule has 2 rings (SSSR count). The van der Waals surface area contributed by atoms with Gasteiger partial charge in [0, 0.05) is 12.2 Å². The van der Waals surface area contributed by atoms with E-state index in [1.165, 1.54) is 0 Å². The fraction of sp³-hybridized carbons (Fsp3) is 0.316. The van der Waals surface area contributed by atoms with E-state index >= 15 is 0 Å². The van der Waals surface area contributed by atoms with Crippen LogP contribution >= 0.6 is 0 Å². The van der Waals surface area contributed by atoms with Crippen molar-refractivity contribution in [3.05, 3.63) is 53.6 Å². The molecule has 0 fully saturated rings. The van der Waals surface area contributed by atoms with Gasteiger partial charge in [0.05, 0.1) is 7.11 Å². The Morgan fingerprint density at radius 3 is 2.22 bits per heavy atom. The molecule has 0 unspecified atom stereocenters. The molecule has 23 heavy (non-hydrogen) atoms. The second-order valence-corrected chi connectivity index (χ2v) is 5.42. The monoisotopic (exact) mass is 313 g/mol. The SMILES string of the molecule is CCN(C(=O)COc1ccccc1OC)c1cc(C)cc(C)c1. The summed E-state index contributed by atoms with van der Waals surface area (Å²) in [5.74, 6) is 1.11. The zero-order valence-corrected chi connectivity index (χ0v) is 14.1. The third-order valence-corrected chi connectivity index (χ3v) is 3.56. The molecule has 0 bridgehead atoms.